The lowest BCUT2D eigenvalue weighted by Crippen LogP contribution is -2.06. The van der Waals surface area contributed by atoms with E-state index in [1.54, 1.807) is 0 Å². The molecule has 0 radical (unpaired) electrons. The predicted molar refractivity (Wildman–Crippen MR) is 83.0 cm³/mol. The fraction of sp³-hybridized carbons (Fsp3) is 0.111. The molecule has 2 aromatic rings. The number of hydrogen-bond acceptors (Lipinski definition) is 3. The summed E-state index contributed by atoms with van der Waals surface area (Å²) in [6.07, 6.45) is 1.84. The Kier molecular flexibility index (Phi) is 3.40. The van der Waals surface area contributed by atoms with Gasteiger partial charge in [0.1, 0.15) is 5.71 Å². The van der Waals surface area contributed by atoms with Gasteiger partial charge in [-0.05, 0) is 31.1 Å². The van der Waals surface area contributed by atoms with E-state index >= 15 is 0 Å². The predicted octanol–water partition coefficient (Wildman–Crippen LogP) is 3.65. The summed E-state index contributed by atoms with van der Waals surface area (Å²) in [5.74, 6) is -0.408. The van der Waals surface area contributed by atoms with Crippen LogP contribution in [0.2, 0.25) is 0 Å². The zero-order chi connectivity index (χ0) is 14.8. The molecule has 21 heavy (non-hydrogen) atoms. The summed E-state index contributed by atoms with van der Waals surface area (Å²) in [6.45, 7) is 4.07. The first-order chi connectivity index (χ1) is 10.1. The van der Waals surface area contributed by atoms with Crippen molar-refractivity contribution in [2.75, 3.05) is 0 Å². The van der Waals surface area contributed by atoms with Gasteiger partial charge in [0.05, 0.1) is 5.57 Å². The molecule has 0 saturated carbocycles. The van der Waals surface area contributed by atoms with Gasteiger partial charge in [0.15, 0.2) is 0 Å². The number of aryl methyl sites for hydroxylation is 2. The van der Waals surface area contributed by atoms with Crippen molar-refractivity contribution in [3.8, 4) is 0 Å². The van der Waals surface area contributed by atoms with Gasteiger partial charge in [0, 0.05) is 5.56 Å². The van der Waals surface area contributed by atoms with Gasteiger partial charge >= 0.3 is 5.97 Å². The highest BCUT2D eigenvalue weighted by molar-refractivity contribution is 6.31. The van der Waals surface area contributed by atoms with Crippen LogP contribution in [0.3, 0.4) is 0 Å². The molecule has 0 amide bonds. The lowest BCUT2D eigenvalue weighted by atomic mass is 9.98. The standard InChI is InChI=1S/C18H15NO2/c1-12-8-9-15(13(2)10-12)11-16-17(19-21-18(16)20)14-6-4-3-5-7-14/h3-11H,1-2H3. The van der Waals surface area contributed by atoms with Gasteiger partial charge in [0.2, 0.25) is 0 Å². The summed E-state index contributed by atoms with van der Waals surface area (Å²) in [5, 5.41) is 3.91. The highest BCUT2D eigenvalue weighted by Gasteiger charge is 2.26. The fourth-order valence-corrected chi connectivity index (χ4v) is 2.36. The number of benzene rings is 2. The third kappa shape index (κ3) is 2.63. The van der Waals surface area contributed by atoms with E-state index in [-0.39, 0.29) is 0 Å². The topological polar surface area (TPSA) is 38.7 Å². The molecule has 0 aromatic heterocycles. The van der Waals surface area contributed by atoms with E-state index in [1.165, 1.54) is 5.56 Å². The van der Waals surface area contributed by atoms with E-state index in [9.17, 15) is 4.79 Å². The van der Waals surface area contributed by atoms with Crippen molar-refractivity contribution >= 4 is 17.8 Å². The van der Waals surface area contributed by atoms with Gasteiger partial charge < -0.3 is 4.84 Å². The molecule has 0 bridgehead atoms. The largest absolute Gasteiger partial charge is 0.368 e. The molecule has 3 rings (SSSR count). The molecule has 3 nitrogen and oxygen atoms in total. The Morgan fingerprint density at radius 1 is 1.05 bits per heavy atom. The van der Waals surface area contributed by atoms with E-state index < -0.39 is 5.97 Å². The number of carbonyl (C=O) groups is 1. The van der Waals surface area contributed by atoms with Gasteiger partial charge in [0.25, 0.3) is 0 Å². The number of hydrogen-bond donors (Lipinski definition) is 0. The molecule has 0 N–H and O–H groups in total. The second kappa shape index (κ2) is 5.37. The highest BCUT2D eigenvalue weighted by Crippen LogP contribution is 2.22. The minimum Gasteiger partial charge on any atom is -0.312 e. The lowest BCUT2D eigenvalue weighted by Gasteiger charge is -2.04. The average molecular weight is 277 g/mol. The Morgan fingerprint density at radius 3 is 2.52 bits per heavy atom. The maximum Gasteiger partial charge on any atom is 0.368 e. The Bertz CT molecular complexity index is 758. The first-order valence-corrected chi connectivity index (χ1v) is 6.79. The first-order valence-electron chi connectivity index (χ1n) is 6.79. The van der Waals surface area contributed by atoms with Crippen LogP contribution in [0.1, 0.15) is 22.3 Å². The lowest BCUT2D eigenvalue weighted by molar-refractivity contribution is -0.136. The average Bonchev–Trinajstić information content (AvgIpc) is 2.84. The molecule has 1 aliphatic heterocycles. The minimum atomic E-state index is -0.408. The van der Waals surface area contributed by atoms with Gasteiger partial charge in [-0.2, -0.15) is 0 Å². The van der Waals surface area contributed by atoms with Crippen LogP contribution in [-0.4, -0.2) is 11.7 Å². The number of oxime groups is 1. The second-order valence-corrected chi connectivity index (χ2v) is 5.10. The van der Waals surface area contributed by atoms with Crippen LogP contribution in [0.25, 0.3) is 6.08 Å². The quantitative estimate of drug-likeness (QED) is 0.621. The van der Waals surface area contributed by atoms with Crippen molar-refractivity contribution in [1.82, 2.24) is 0 Å². The number of rotatable bonds is 2. The summed E-state index contributed by atoms with van der Waals surface area (Å²) in [4.78, 5) is 16.8. The normalized spacial score (nSPS) is 16.0. The van der Waals surface area contributed by atoms with E-state index in [1.807, 2.05) is 62.4 Å². The molecule has 1 heterocycles. The van der Waals surface area contributed by atoms with E-state index in [0.717, 1.165) is 16.7 Å². The fourth-order valence-electron chi connectivity index (χ4n) is 2.36. The van der Waals surface area contributed by atoms with Crippen molar-refractivity contribution < 1.29 is 9.63 Å². The van der Waals surface area contributed by atoms with Crippen LogP contribution in [0.4, 0.5) is 0 Å². The number of nitrogens with zero attached hydrogens (tertiary/aromatic N) is 1. The summed E-state index contributed by atoms with van der Waals surface area (Å²) < 4.78 is 0. The molecular weight excluding hydrogens is 262 g/mol. The molecule has 1 aliphatic rings. The van der Waals surface area contributed by atoms with Crippen molar-refractivity contribution in [2.24, 2.45) is 5.16 Å². The third-order valence-corrected chi connectivity index (χ3v) is 3.47. The maximum atomic E-state index is 11.9. The van der Waals surface area contributed by atoms with E-state index in [2.05, 4.69) is 11.2 Å². The second-order valence-electron chi connectivity index (χ2n) is 5.10. The molecule has 0 atom stereocenters. The zero-order valence-corrected chi connectivity index (χ0v) is 12.0. The Balaban J connectivity index is 2.05. The van der Waals surface area contributed by atoms with Gasteiger partial charge in [-0.3, -0.25) is 0 Å². The summed E-state index contributed by atoms with van der Waals surface area (Å²) in [6, 6.07) is 15.7. The van der Waals surface area contributed by atoms with Crippen molar-refractivity contribution in [3.63, 3.8) is 0 Å². The molecule has 3 heteroatoms. The van der Waals surface area contributed by atoms with Crippen molar-refractivity contribution in [2.45, 2.75) is 13.8 Å². The SMILES string of the molecule is Cc1ccc(C=C2C(=O)ON=C2c2ccccc2)c(C)c1. The van der Waals surface area contributed by atoms with Crippen LogP contribution < -0.4 is 0 Å². The summed E-state index contributed by atoms with van der Waals surface area (Å²) >= 11 is 0. The minimum absolute atomic E-state index is 0.408. The summed E-state index contributed by atoms with van der Waals surface area (Å²) in [7, 11) is 0. The maximum absolute atomic E-state index is 11.9. The van der Waals surface area contributed by atoms with Crippen molar-refractivity contribution in [3.05, 3.63) is 76.4 Å². The molecular formula is C18H15NO2. The zero-order valence-electron chi connectivity index (χ0n) is 12.0. The third-order valence-electron chi connectivity index (χ3n) is 3.47. The molecule has 104 valence electrons. The monoisotopic (exact) mass is 277 g/mol. The highest BCUT2D eigenvalue weighted by atomic mass is 16.7. The van der Waals surface area contributed by atoms with Crippen LogP contribution in [0.15, 0.2) is 59.3 Å². The molecule has 2 aromatic carbocycles. The Hall–Kier alpha value is -2.68. The first kappa shape index (κ1) is 13.3. The van der Waals surface area contributed by atoms with Crippen LogP contribution in [-0.2, 0) is 9.63 Å². The number of carbonyl (C=O) groups excluding carboxylic acids is 1. The Morgan fingerprint density at radius 2 is 1.81 bits per heavy atom. The molecule has 0 fully saturated rings. The Labute approximate surface area is 123 Å². The van der Waals surface area contributed by atoms with Crippen LogP contribution >= 0.6 is 0 Å². The molecule has 0 unspecified atom stereocenters. The molecule has 0 aliphatic carbocycles. The molecule has 0 spiro atoms. The van der Waals surface area contributed by atoms with E-state index in [4.69, 9.17) is 4.84 Å². The summed E-state index contributed by atoms with van der Waals surface area (Å²) in [5.41, 5.74) is 5.27. The smallest absolute Gasteiger partial charge is 0.312 e. The van der Waals surface area contributed by atoms with Gasteiger partial charge in [-0.25, -0.2) is 4.79 Å². The van der Waals surface area contributed by atoms with Crippen LogP contribution in [0, 0.1) is 13.8 Å². The van der Waals surface area contributed by atoms with Gasteiger partial charge in [-0.1, -0.05) is 59.3 Å². The van der Waals surface area contributed by atoms with Crippen LogP contribution in [0.5, 0.6) is 0 Å². The van der Waals surface area contributed by atoms with Gasteiger partial charge in [-0.15, -0.1) is 0 Å². The molecule has 0 saturated heterocycles. The van der Waals surface area contributed by atoms with E-state index in [0.29, 0.717) is 11.3 Å². The van der Waals surface area contributed by atoms with Crippen molar-refractivity contribution in [1.29, 1.82) is 0 Å².